The molecule has 8 nitrogen and oxygen atoms in total. The van der Waals surface area contributed by atoms with Crippen molar-refractivity contribution in [3.63, 3.8) is 0 Å². The van der Waals surface area contributed by atoms with Crippen molar-refractivity contribution < 1.29 is 19.5 Å². The zero-order valence-electron chi connectivity index (χ0n) is 29.4. The Bertz CT molecular complexity index is 1080. The van der Waals surface area contributed by atoms with Crippen LogP contribution in [0.2, 0.25) is 0 Å². The van der Waals surface area contributed by atoms with Crippen LogP contribution in [0.3, 0.4) is 0 Å². The number of rotatable bonds is 11. The predicted octanol–water partition coefficient (Wildman–Crippen LogP) is 5.23. The second-order valence-corrected chi connectivity index (χ2v) is 11.5. The number of hydrogen-bond acceptors (Lipinski definition) is 5. The molecular weight excluding hydrogens is 564 g/mol. The van der Waals surface area contributed by atoms with Crippen LogP contribution in [0.5, 0.6) is 0 Å². The minimum Gasteiger partial charge on any atom is -0.397 e. The van der Waals surface area contributed by atoms with E-state index < -0.39 is 6.04 Å². The molecule has 45 heavy (non-hydrogen) atoms. The van der Waals surface area contributed by atoms with Crippen molar-refractivity contribution in [1.82, 2.24) is 20.9 Å². The number of nitrogens with one attached hydrogen (secondary N) is 3. The first-order valence-corrected chi connectivity index (χ1v) is 16.7. The van der Waals surface area contributed by atoms with E-state index in [2.05, 4.69) is 67.1 Å². The largest absolute Gasteiger partial charge is 0.397 e. The molecule has 0 saturated carbocycles. The molecule has 2 atom stereocenters. The molecule has 254 valence electrons. The maximum absolute atomic E-state index is 12.0. The number of unbranched alkanes of at least 4 members (excludes halogenated alkanes) is 1. The minimum absolute atomic E-state index is 0.0808. The van der Waals surface area contributed by atoms with Crippen molar-refractivity contribution in [2.45, 2.75) is 99.0 Å². The molecule has 0 heterocycles. The van der Waals surface area contributed by atoms with E-state index >= 15 is 0 Å². The zero-order valence-corrected chi connectivity index (χ0v) is 29.4. The van der Waals surface area contributed by atoms with E-state index in [1.165, 1.54) is 59.8 Å². The number of amides is 3. The van der Waals surface area contributed by atoms with Gasteiger partial charge in [0.15, 0.2) is 0 Å². The summed E-state index contributed by atoms with van der Waals surface area (Å²) in [5, 5.41) is 16.3. The van der Waals surface area contributed by atoms with E-state index in [4.69, 9.17) is 5.11 Å². The van der Waals surface area contributed by atoms with Gasteiger partial charge in [0.25, 0.3) is 0 Å². The highest BCUT2D eigenvalue weighted by Crippen LogP contribution is 2.27. The number of aryl methyl sites for hydroxylation is 3. The van der Waals surface area contributed by atoms with E-state index in [9.17, 15) is 14.4 Å². The molecule has 8 heteroatoms. The number of aliphatic hydroxyl groups excluding tert-OH is 1. The van der Waals surface area contributed by atoms with Gasteiger partial charge in [0, 0.05) is 27.1 Å². The molecule has 4 N–H and O–H groups in total. The van der Waals surface area contributed by atoms with Crippen molar-refractivity contribution in [2.75, 3.05) is 40.3 Å². The molecule has 0 aromatic heterocycles. The number of aliphatic hydroxyl groups is 1. The van der Waals surface area contributed by atoms with E-state index in [-0.39, 0.29) is 30.9 Å². The fourth-order valence-electron chi connectivity index (χ4n) is 4.69. The molecule has 1 aliphatic rings. The number of carbonyl (C=O) groups excluding carboxylic acids is 3. The normalized spacial score (nSPS) is 13.8. The Morgan fingerprint density at radius 1 is 0.956 bits per heavy atom. The van der Waals surface area contributed by atoms with Gasteiger partial charge in [0.2, 0.25) is 17.7 Å². The third-order valence-electron chi connectivity index (χ3n) is 7.75. The number of likely N-dealkylation sites (N-methyl/N-ethyl adjacent to an activating group) is 1. The van der Waals surface area contributed by atoms with Crippen LogP contribution in [0.4, 0.5) is 0 Å². The monoisotopic (exact) mass is 626 g/mol. The van der Waals surface area contributed by atoms with Crippen LogP contribution in [-0.2, 0) is 33.6 Å². The SMILES string of the molecule is CCCC.CCO.CNCC1CCc2cccc(CCCNC(=O)CNC(=O)C(C)N(C)C(C)=O)c2CC1.Cc1ccccc1. The van der Waals surface area contributed by atoms with Gasteiger partial charge in [-0.05, 0) is 95.5 Å². The minimum atomic E-state index is -0.605. The van der Waals surface area contributed by atoms with Crippen LogP contribution in [0.15, 0.2) is 48.5 Å². The summed E-state index contributed by atoms with van der Waals surface area (Å²) in [5.74, 6) is -0.00890. The molecule has 2 aromatic carbocycles. The molecule has 0 fully saturated rings. The number of nitrogens with zero attached hydrogens (tertiary/aromatic N) is 1. The van der Waals surface area contributed by atoms with Crippen LogP contribution in [0.1, 0.15) is 89.0 Å². The standard InChI is InChI=1S/C24H38N4O3.C7H8.C4H10.C2H6O/c1-17(28(4)18(2)29)24(31)27-16-23(30)26-14-6-9-20-7-5-8-21-12-10-19(15-25-3)11-13-22(20)21;1-7-5-3-2-4-6-7;1-3-4-2;1-2-3/h5,7-8,17,19,25H,6,9-16H2,1-4H3,(H,26,30)(H,27,31);2-6H,1H3;3-4H2,1-2H3;3H,2H2,1H3. The highest BCUT2D eigenvalue weighted by atomic mass is 16.2. The van der Waals surface area contributed by atoms with Crippen molar-refractivity contribution >= 4 is 17.7 Å². The smallest absolute Gasteiger partial charge is 0.242 e. The Morgan fingerprint density at radius 3 is 2.11 bits per heavy atom. The number of benzene rings is 2. The molecule has 0 aliphatic heterocycles. The third kappa shape index (κ3) is 19.0. The highest BCUT2D eigenvalue weighted by Gasteiger charge is 2.20. The average Bonchev–Trinajstić information content (AvgIpc) is 3.25. The Kier molecular flexibility index (Phi) is 24.2. The van der Waals surface area contributed by atoms with Gasteiger partial charge in [-0.15, -0.1) is 0 Å². The fraction of sp³-hybridized carbons (Fsp3) is 0.595. The van der Waals surface area contributed by atoms with Crippen molar-refractivity contribution in [3.8, 4) is 0 Å². The van der Waals surface area contributed by atoms with E-state index in [1.54, 1.807) is 20.9 Å². The summed E-state index contributed by atoms with van der Waals surface area (Å²) < 4.78 is 0. The third-order valence-corrected chi connectivity index (χ3v) is 7.75. The molecule has 3 amide bonds. The fourth-order valence-corrected chi connectivity index (χ4v) is 4.69. The average molecular weight is 627 g/mol. The van der Waals surface area contributed by atoms with Crippen LogP contribution in [-0.4, -0.2) is 74.1 Å². The topological polar surface area (TPSA) is 111 Å². The summed E-state index contributed by atoms with van der Waals surface area (Å²) in [4.78, 5) is 36.8. The number of hydrogen-bond donors (Lipinski definition) is 4. The first kappa shape index (κ1) is 41.8. The molecular formula is C37H62N4O4. The molecule has 2 unspecified atom stereocenters. The van der Waals surface area contributed by atoms with Gasteiger partial charge in [0.1, 0.15) is 6.04 Å². The lowest BCUT2D eigenvalue weighted by molar-refractivity contribution is -0.137. The molecule has 1 aliphatic carbocycles. The lowest BCUT2D eigenvalue weighted by atomic mass is 9.94. The van der Waals surface area contributed by atoms with E-state index in [1.807, 2.05) is 25.2 Å². The molecule has 2 aromatic rings. The summed E-state index contributed by atoms with van der Waals surface area (Å²) in [6.07, 6.45) is 9.16. The number of fused-ring (bicyclic) bond motifs is 1. The Balaban J connectivity index is 0.00000114. The molecule has 0 saturated heterocycles. The summed E-state index contributed by atoms with van der Waals surface area (Å²) in [5.41, 5.74) is 5.70. The second kappa shape index (κ2) is 26.0. The Morgan fingerprint density at radius 2 is 1.58 bits per heavy atom. The van der Waals surface area contributed by atoms with E-state index in [0.717, 1.165) is 38.1 Å². The van der Waals surface area contributed by atoms with Gasteiger partial charge in [-0.3, -0.25) is 14.4 Å². The van der Waals surface area contributed by atoms with Gasteiger partial charge in [-0.1, -0.05) is 80.8 Å². The first-order valence-electron chi connectivity index (χ1n) is 16.7. The maximum Gasteiger partial charge on any atom is 0.242 e. The van der Waals surface area contributed by atoms with Gasteiger partial charge in [-0.2, -0.15) is 0 Å². The number of carbonyl (C=O) groups is 3. The van der Waals surface area contributed by atoms with Crippen LogP contribution in [0.25, 0.3) is 0 Å². The summed E-state index contributed by atoms with van der Waals surface area (Å²) in [6.45, 7) is 13.0. The maximum atomic E-state index is 12.0. The summed E-state index contributed by atoms with van der Waals surface area (Å²) in [7, 11) is 3.59. The van der Waals surface area contributed by atoms with Gasteiger partial charge in [0.05, 0.1) is 6.54 Å². The lowest BCUT2D eigenvalue weighted by Gasteiger charge is -2.22. The summed E-state index contributed by atoms with van der Waals surface area (Å²) in [6, 6.07) is 16.3. The van der Waals surface area contributed by atoms with Gasteiger partial charge < -0.3 is 26.0 Å². The van der Waals surface area contributed by atoms with Gasteiger partial charge in [-0.25, -0.2) is 0 Å². The lowest BCUT2D eigenvalue weighted by Crippen LogP contribution is -2.47. The second-order valence-electron chi connectivity index (χ2n) is 11.5. The highest BCUT2D eigenvalue weighted by molar-refractivity contribution is 5.89. The van der Waals surface area contributed by atoms with Crippen molar-refractivity contribution in [1.29, 1.82) is 0 Å². The first-order chi connectivity index (χ1) is 21.6. The Hall–Kier alpha value is -3.23. The summed E-state index contributed by atoms with van der Waals surface area (Å²) >= 11 is 0. The van der Waals surface area contributed by atoms with Crippen LogP contribution < -0.4 is 16.0 Å². The zero-order chi connectivity index (χ0) is 34.0. The molecule has 0 bridgehead atoms. The van der Waals surface area contributed by atoms with Crippen molar-refractivity contribution in [2.24, 2.45) is 5.92 Å². The van der Waals surface area contributed by atoms with Crippen molar-refractivity contribution in [3.05, 3.63) is 70.8 Å². The molecule has 0 spiro atoms. The van der Waals surface area contributed by atoms with E-state index in [0.29, 0.717) is 6.54 Å². The van der Waals surface area contributed by atoms with Crippen LogP contribution >= 0.6 is 0 Å². The predicted molar refractivity (Wildman–Crippen MR) is 187 cm³/mol. The van der Waals surface area contributed by atoms with Gasteiger partial charge >= 0.3 is 0 Å². The molecule has 3 rings (SSSR count). The quantitative estimate of drug-likeness (QED) is 0.202. The Labute approximate surface area is 273 Å². The van der Waals surface area contributed by atoms with Crippen LogP contribution in [0, 0.1) is 12.8 Å². The molecule has 0 radical (unpaired) electrons.